The van der Waals surface area contributed by atoms with Crippen LogP contribution in [0, 0.1) is 0 Å². The number of ether oxygens (including phenoxy) is 2. The molecule has 0 fully saturated rings. The molecule has 0 aliphatic heterocycles. The average molecular weight is 215 g/mol. The normalized spacial score (nSPS) is 12.5. The molecular formula is C11H21NO3. The van der Waals surface area contributed by atoms with Crippen molar-refractivity contribution in [3.63, 3.8) is 0 Å². The van der Waals surface area contributed by atoms with Crippen LogP contribution in [0.4, 0.5) is 0 Å². The Hall–Kier alpha value is -0.870. The number of nitrogens with zero attached hydrogens (tertiary/aromatic N) is 1. The molecule has 0 heterocycles. The summed E-state index contributed by atoms with van der Waals surface area (Å²) in [6.45, 7) is 7.89. The number of rotatable bonds is 8. The quantitative estimate of drug-likeness (QED) is 0.448. The highest BCUT2D eigenvalue weighted by atomic mass is 16.5. The van der Waals surface area contributed by atoms with Gasteiger partial charge in [-0.3, -0.25) is 9.69 Å². The van der Waals surface area contributed by atoms with Crippen LogP contribution in [0.15, 0.2) is 12.7 Å². The standard InChI is InChI=1S/C11H21NO3/c1-5-10(2)12(8-9-14-3)7-6-11(13)15-4/h5,10H,1,6-9H2,2-4H3. The number of hydrogen-bond acceptors (Lipinski definition) is 4. The van der Waals surface area contributed by atoms with E-state index in [0.717, 1.165) is 6.54 Å². The topological polar surface area (TPSA) is 38.8 Å². The van der Waals surface area contributed by atoms with Crippen LogP contribution in [-0.4, -0.2) is 50.8 Å². The van der Waals surface area contributed by atoms with Crippen molar-refractivity contribution in [3.05, 3.63) is 12.7 Å². The van der Waals surface area contributed by atoms with Gasteiger partial charge in [-0.2, -0.15) is 0 Å². The van der Waals surface area contributed by atoms with E-state index in [1.807, 2.05) is 13.0 Å². The summed E-state index contributed by atoms with van der Waals surface area (Å²) in [7, 11) is 3.07. The van der Waals surface area contributed by atoms with Crippen molar-refractivity contribution in [2.24, 2.45) is 0 Å². The zero-order valence-corrected chi connectivity index (χ0v) is 9.86. The Balaban J connectivity index is 4.00. The van der Waals surface area contributed by atoms with Gasteiger partial charge in [-0.15, -0.1) is 6.58 Å². The summed E-state index contributed by atoms with van der Waals surface area (Å²) in [5, 5.41) is 0. The highest BCUT2D eigenvalue weighted by molar-refractivity contribution is 5.69. The van der Waals surface area contributed by atoms with Crippen LogP contribution in [0.2, 0.25) is 0 Å². The third-order valence-corrected chi connectivity index (χ3v) is 2.33. The van der Waals surface area contributed by atoms with Gasteiger partial charge < -0.3 is 9.47 Å². The smallest absolute Gasteiger partial charge is 0.306 e. The first-order chi connectivity index (χ1) is 7.15. The van der Waals surface area contributed by atoms with E-state index >= 15 is 0 Å². The first kappa shape index (κ1) is 14.1. The molecule has 4 nitrogen and oxygen atoms in total. The minimum atomic E-state index is -0.186. The zero-order valence-electron chi connectivity index (χ0n) is 9.86. The Labute approximate surface area is 91.8 Å². The van der Waals surface area contributed by atoms with Crippen molar-refractivity contribution < 1.29 is 14.3 Å². The van der Waals surface area contributed by atoms with E-state index in [0.29, 0.717) is 19.6 Å². The van der Waals surface area contributed by atoms with Gasteiger partial charge in [0, 0.05) is 26.2 Å². The number of carbonyl (C=O) groups excluding carboxylic acids is 1. The van der Waals surface area contributed by atoms with E-state index in [4.69, 9.17) is 4.74 Å². The number of esters is 1. The maximum Gasteiger partial charge on any atom is 0.306 e. The van der Waals surface area contributed by atoms with Crippen molar-refractivity contribution in [1.29, 1.82) is 0 Å². The van der Waals surface area contributed by atoms with E-state index in [-0.39, 0.29) is 12.0 Å². The van der Waals surface area contributed by atoms with Gasteiger partial charge in [-0.05, 0) is 6.92 Å². The summed E-state index contributed by atoms with van der Waals surface area (Å²) in [5.74, 6) is -0.186. The Bertz CT molecular complexity index is 194. The van der Waals surface area contributed by atoms with Crippen LogP contribution in [0.25, 0.3) is 0 Å². The van der Waals surface area contributed by atoms with Crippen LogP contribution < -0.4 is 0 Å². The van der Waals surface area contributed by atoms with Crippen molar-refractivity contribution in [1.82, 2.24) is 4.90 Å². The van der Waals surface area contributed by atoms with E-state index in [9.17, 15) is 4.79 Å². The molecule has 0 bridgehead atoms. The highest BCUT2D eigenvalue weighted by Gasteiger charge is 2.12. The summed E-state index contributed by atoms with van der Waals surface area (Å²) in [6.07, 6.45) is 2.26. The molecule has 0 aromatic heterocycles. The number of carbonyl (C=O) groups is 1. The Morgan fingerprint density at radius 3 is 2.60 bits per heavy atom. The van der Waals surface area contributed by atoms with Gasteiger partial charge in [0.05, 0.1) is 20.1 Å². The maximum absolute atomic E-state index is 11.0. The molecule has 4 heteroatoms. The van der Waals surface area contributed by atoms with Gasteiger partial charge >= 0.3 is 5.97 Å². The predicted octanol–water partition coefficient (Wildman–Crippen LogP) is 1.07. The second-order valence-electron chi connectivity index (χ2n) is 3.33. The molecule has 0 N–H and O–H groups in total. The number of methoxy groups -OCH3 is 2. The fraction of sp³-hybridized carbons (Fsp3) is 0.727. The molecule has 0 radical (unpaired) electrons. The van der Waals surface area contributed by atoms with Gasteiger partial charge in [0.15, 0.2) is 0 Å². The minimum Gasteiger partial charge on any atom is -0.469 e. The Morgan fingerprint density at radius 1 is 1.47 bits per heavy atom. The zero-order chi connectivity index (χ0) is 11.7. The average Bonchev–Trinajstić information content (AvgIpc) is 2.27. The molecule has 15 heavy (non-hydrogen) atoms. The lowest BCUT2D eigenvalue weighted by Gasteiger charge is -2.25. The van der Waals surface area contributed by atoms with Gasteiger partial charge in [-0.25, -0.2) is 0 Å². The summed E-state index contributed by atoms with van der Waals surface area (Å²) in [5.41, 5.74) is 0. The first-order valence-corrected chi connectivity index (χ1v) is 5.08. The van der Waals surface area contributed by atoms with Crippen LogP contribution in [0.5, 0.6) is 0 Å². The van der Waals surface area contributed by atoms with Crippen LogP contribution in [0.3, 0.4) is 0 Å². The van der Waals surface area contributed by atoms with E-state index < -0.39 is 0 Å². The molecule has 0 saturated heterocycles. The van der Waals surface area contributed by atoms with Gasteiger partial charge in [0.1, 0.15) is 0 Å². The summed E-state index contributed by atoms with van der Waals surface area (Å²) in [4.78, 5) is 13.1. The molecule has 0 aliphatic rings. The molecular weight excluding hydrogens is 194 g/mol. The largest absolute Gasteiger partial charge is 0.469 e. The van der Waals surface area contributed by atoms with E-state index in [1.165, 1.54) is 7.11 Å². The van der Waals surface area contributed by atoms with Crippen molar-refractivity contribution >= 4 is 5.97 Å². The second kappa shape index (κ2) is 8.44. The lowest BCUT2D eigenvalue weighted by molar-refractivity contribution is -0.141. The molecule has 0 aromatic carbocycles. The lowest BCUT2D eigenvalue weighted by atomic mass is 10.2. The van der Waals surface area contributed by atoms with Crippen LogP contribution in [0.1, 0.15) is 13.3 Å². The predicted molar refractivity (Wildman–Crippen MR) is 59.7 cm³/mol. The molecule has 0 spiro atoms. The number of hydrogen-bond donors (Lipinski definition) is 0. The highest BCUT2D eigenvalue weighted by Crippen LogP contribution is 2.02. The van der Waals surface area contributed by atoms with Gasteiger partial charge in [-0.1, -0.05) is 6.08 Å². The van der Waals surface area contributed by atoms with Gasteiger partial charge in [0.25, 0.3) is 0 Å². The van der Waals surface area contributed by atoms with Gasteiger partial charge in [0.2, 0.25) is 0 Å². The molecule has 0 aromatic rings. The monoisotopic (exact) mass is 215 g/mol. The molecule has 1 atom stereocenters. The Morgan fingerprint density at radius 2 is 2.13 bits per heavy atom. The molecule has 0 rings (SSSR count). The third-order valence-electron chi connectivity index (χ3n) is 2.33. The minimum absolute atomic E-state index is 0.186. The molecule has 1 unspecified atom stereocenters. The summed E-state index contributed by atoms with van der Waals surface area (Å²) < 4.78 is 9.60. The summed E-state index contributed by atoms with van der Waals surface area (Å²) >= 11 is 0. The summed E-state index contributed by atoms with van der Waals surface area (Å²) in [6, 6.07) is 0.241. The fourth-order valence-corrected chi connectivity index (χ4v) is 1.21. The van der Waals surface area contributed by atoms with Crippen molar-refractivity contribution in [3.8, 4) is 0 Å². The Kier molecular flexibility index (Phi) is 7.95. The van der Waals surface area contributed by atoms with E-state index in [1.54, 1.807) is 7.11 Å². The van der Waals surface area contributed by atoms with E-state index in [2.05, 4.69) is 16.2 Å². The fourth-order valence-electron chi connectivity index (χ4n) is 1.21. The SMILES string of the molecule is C=CC(C)N(CCOC)CCC(=O)OC. The molecule has 88 valence electrons. The molecule has 0 saturated carbocycles. The maximum atomic E-state index is 11.0. The van der Waals surface area contributed by atoms with Crippen LogP contribution in [-0.2, 0) is 14.3 Å². The third kappa shape index (κ3) is 6.25. The molecule has 0 aliphatic carbocycles. The van der Waals surface area contributed by atoms with Crippen LogP contribution >= 0.6 is 0 Å². The lowest BCUT2D eigenvalue weighted by Crippen LogP contribution is -2.36. The van der Waals surface area contributed by atoms with Crippen molar-refractivity contribution in [2.75, 3.05) is 33.9 Å². The second-order valence-corrected chi connectivity index (χ2v) is 3.33. The molecule has 0 amide bonds. The van der Waals surface area contributed by atoms with Crippen molar-refractivity contribution in [2.45, 2.75) is 19.4 Å². The first-order valence-electron chi connectivity index (χ1n) is 5.08.